The molecule has 5 heteroatoms. The Labute approximate surface area is 182 Å². The molecule has 1 amide bonds. The summed E-state index contributed by atoms with van der Waals surface area (Å²) in [5.41, 5.74) is 4.09. The molecule has 0 unspecified atom stereocenters. The van der Waals surface area contributed by atoms with Crippen LogP contribution in [0.25, 0.3) is 16.5 Å². The first kappa shape index (κ1) is 20.7. The number of carbonyl (C=O) groups excluding carboxylic acids is 1. The molecule has 4 aromatic rings. The summed E-state index contributed by atoms with van der Waals surface area (Å²) in [5, 5.41) is 6.87. The van der Waals surface area contributed by atoms with E-state index in [0.29, 0.717) is 19.6 Å². The fourth-order valence-electron chi connectivity index (χ4n) is 3.81. The van der Waals surface area contributed by atoms with Crippen LogP contribution in [-0.4, -0.2) is 34.2 Å². The second-order valence-electron chi connectivity index (χ2n) is 7.72. The van der Waals surface area contributed by atoms with Gasteiger partial charge in [-0.3, -0.25) is 4.79 Å². The van der Waals surface area contributed by atoms with Gasteiger partial charge in [0.05, 0.1) is 24.4 Å². The highest BCUT2D eigenvalue weighted by atomic mass is 16.5. The van der Waals surface area contributed by atoms with Crippen LogP contribution in [0.3, 0.4) is 0 Å². The molecule has 0 saturated carbocycles. The topological polar surface area (TPSA) is 47.4 Å². The van der Waals surface area contributed by atoms with Gasteiger partial charge in [-0.2, -0.15) is 5.10 Å². The normalized spacial score (nSPS) is 10.9. The lowest BCUT2D eigenvalue weighted by atomic mass is 10.1. The van der Waals surface area contributed by atoms with Crippen LogP contribution in [0.4, 0.5) is 0 Å². The summed E-state index contributed by atoms with van der Waals surface area (Å²) in [5.74, 6) is 0.857. The summed E-state index contributed by atoms with van der Waals surface area (Å²) in [6.07, 6.45) is 0.324. The molecule has 1 heterocycles. The van der Waals surface area contributed by atoms with Crippen molar-refractivity contribution in [2.75, 3.05) is 13.7 Å². The Morgan fingerprint density at radius 2 is 1.68 bits per heavy atom. The zero-order chi connectivity index (χ0) is 21.8. The average Bonchev–Trinajstić information content (AvgIpc) is 3.08. The largest absolute Gasteiger partial charge is 0.492 e. The first-order valence-electron chi connectivity index (χ1n) is 10.5. The summed E-state index contributed by atoms with van der Waals surface area (Å²) in [4.78, 5) is 14.5. The number of nitrogens with zero attached hydrogens (tertiary/aromatic N) is 3. The van der Waals surface area contributed by atoms with Crippen LogP contribution >= 0.6 is 0 Å². The molecule has 0 atom stereocenters. The number of hydrogen-bond donors (Lipinski definition) is 0. The summed E-state index contributed by atoms with van der Waals surface area (Å²) in [7, 11) is 1.83. The number of rotatable bonds is 7. The number of fused-ring (bicyclic) bond motifs is 1. The van der Waals surface area contributed by atoms with Crippen molar-refractivity contribution in [2.45, 2.75) is 26.8 Å². The van der Waals surface area contributed by atoms with Gasteiger partial charge in [-0.25, -0.2) is 4.68 Å². The van der Waals surface area contributed by atoms with E-state index in [2.05, 4.69) is 17.2 Å². The monoisotopic (exact) mass is 413 g/mol. The highest BCUT2D eigenvalue weighted by Gasteiger charge is 2.17. The molecule has 0 saturated heterocycles. The Hall–Kier alpha value is -3.60. The average molecular weight is 414 g/mol. The van der Waals surface area contributed by atoms with E-state index in [4.69, 9.17) is 4.74 Å². The van der Waals surface area contributed by atoms with Crippen LogP contribution in [0.1, 0.15) is 23.4 Å². The van der Waals surface area contributed by atoms with Gasteiger partial charge in [0.25, 0.3) is 0 Å². The fraction of sp³-hybridized carbons (Fsp3) is 0.231. The molecule has 158 valence electrons. The van der Waals surface area contributed by atoms with Crippen molar-refractivity contribution in [3.63, 3.8) is 0 Å². The van der Waals surface area contributed by atoms with Crippen LogP contribution in [0.15, 0.2) is 72.8 Å². The van der Waals surface area contributed by atoms with Crippen molar-refractivity contribution >= 4 is 16.7 Å². The van der Waals surface area contributed by atoms with Gasteiger partial charge in [0.15, 0.2) is 0 Å². The number of carbonyl (C=O) groups is 1. The Morgan fingerprint density at radius 1 is 0.968 bits per heavy atom. The van der Waals surface area contributed by atoms with E-state index in [1.807, 2.05) is 86.2 Å². The van der Waals surface area contributed by atoms with E-state index in [-0.39, 0.29) is 5.91 Å². The lowest BCUT2D eigenvalue weighted by molar-refractivity contribution is -0.130. The number of aromatic nitrogens is 2. The van der Waals surface area contributed by atoms with Gasteiger partial charge < -0.3 is 9.64 Å². The molecule has 5 nitrogen and oxygen atoms in total. The highest BCUT2D eigenvalue weighted by molar-refractivity contribution is 5.88. The number of para-hydroxylation sites is 1. The summed E-state index contributed by atoms with van der Waals surface area (Å²) in [6.45, 7) is 4.91. The maximum absolute atomic E-state index is 12.7. The lowest BCUT2D eigenvalue weighted by Gasteiger charge is -2.18. The third-order valence-corrected chi connectivity index (χ3v) is 5.59. The molecule has 0 aliphatic carbocycles. The van der Waals surface area contributed by atoms with E-state index in [1.165, 1.54) is 0 Å². The number of benzene rings is 3. The quantitative estimate of drug-likeness (QED) is 0.425. The van der Waals surface area contributed by atoms with Crippen LogP contribution in [-0.2, 0) is 11.3 Å². The molecular formula is C26H27N3O2. The summed E-state index contributed by atoms with van der Waals surface area (Å²) < 4.78 is 7.87. The van der Waals surface area contributed by atoms with Gasteiger partial charge in [0, 0.05) is 30.2 Å². The Morgan fingerprint density at radius 3 is 2.48 bits per heavy atom. The van der Waals surface area contributed by atoms with E-state index in [9.17, 15) is 4.79 Å². The summed E-state index contributed by atoms with van der Waals surface area (Å²) in [6, 6.07) is 24.1. The lowest BCUT2D eigenvalue weighted by Crippen LogP contribution is -2.28. The van der Waals surface area contributed by atoms with E-state index < -0.39 is 0 Å². The number of ether oxygens (including phenoxy) is 1. The first-order valence-corrected chi connectivity index (χ1v) is 10.5. The van der Waals surface area contributed by atoms with Crippen molar-refractivity contribution in [1.29, 1.82) is 0 Å². The van der Waals surface area contributed by atoms with Crippen molar-refractivity contribution < 1.29 is 9.53 Å². The molecule has 0 N–H and O–H groups in total. The Balaban J connectivity index is 1.38. The van der Waals surface area contributed by atoms with Crippen LogP contribution < -0.4 is 4.74 Å². The van der Waals surface area contributed by atoms with Crippen LogP contribution in [0.2, 0.25) is 0 Å². The van der Waals surface area contributed by atoms with Crippen LogP contribution in [0.5, 0.6) is 5.75 Å². The standard InChI is InChI=1S/C26H27N3O2/c1-19-24(20(2)29(27-19)22-12-5-4-6-13-22)18-28(3)26(30)16-17-31-25-15-9-11-21-10-7-8-14-23(21)25/h4-15H,16-18H2,1-3H3. The third-order valence-electron chi connectivity index (χ3n) is 5.59. The van der Waals surface area contributed by atoms with Gasteiger partial charge in [0.1, 0.15) is 5.75 Å². The predicted octanol–water partition coefficient (Wildman–Crippen LogP) is 5.07. The minimum atomic E-state index is 0.0477. The maximum atomic E-state index is 12.7. The van der Waals surface area contributed by atoms with Gasteiger partial charge in [-0.1, -0.05) is 54.6 Å². The maximum Gasteiger partial charge on any atom is 0.226 e. The van der Waals surface area contributed by atoms with Crippen molar-refractivity contribution in [3.8, 4) is 11.4 Å². The predicted molar refractivity (Wildman–Crippen MR) is 124 cm³/mol. The van der Waals surface area contributed by atoms with Crippen molar-refractivity contribution in [2.24, 2.45) is 0 Å². The molecule has 0 aliphatic rings. The summed E-state index contributed by atoms with van der Waals surface area (Å²) >= 11 is 0. The van der Waals surface area contributed by atoms with Gasteiger partial charge in [0.2, 0.25) is 5.91 Å². The smallest absolute Gasteiger partial charge is 0.226 e. The van der Waals surface area contributed by atoms with Gasteiger partial charge >= 0.3 is 0 Å². The zero-order valence-electron chi connectivity index (χ0n) is 18.2. The number of hydrogen-bond acceptors (Lipinski definition) is 3. The minimum Gasteiger partial charge on any atom is -0.492 e. The van der Waals surface area contributed by atoms with Crippen molar-refractivity contribution in [3.05, 3.63) is 89.7 Å². The third kappa shape index (κ3) is 4.45. The number of amides is 1. The van der Waals surface area contributed by atoms with Gasteiger partial charge in [-0.05, 0) is 37.4 Å². The number of aryl methyl sites for hydroxylation is 1. The van der Waals surface area contributed by atoms with E-state index >= 15 is 0 Å². The molecule has 3 aromatic carbocycles. The zero-order valence-corrected chi connectivity index (χ0v) is 18.2. The first-order chi connectivity index (χ1) is 15.0. The molecule has 0 aliphatic heterocycles. The molecule has 0 radical (unpaired) electrons. The molecule has 0 bridgehead atoms. The Bertz CT molecular complexity index is 1190. The molecule has 0 fully saturated rings. The van der Waals surface area contributed by atoms with E-state index in [0.717, 1.165) is 39.2 Å². The highest BCUT2D eigenvalue weighted by Crippen LogP contribution is 2.25. The van der Waals surface area contributed by atoms with Gasteiger partial charge in [-0.15, -0.1) is 0 Å². The molecule has 0 spiro atoms. The molecular weight excluding hydrogens is 386 g/mol. The second kappa shape index (κ2) is 9.04. The molecule has 4 rings (SSSR count). The van der Waals surface area contributed by atoms with Crippen molar-refractivity contribution in [1.82, 2.24) is 14.7 Å². The van der Waals surface area contributed by atoms with E-state index in [1.54, 1.807) is 4.90 Å². The SMILES string of the molecule is Cc1nn(-c2ccccc2)c(C)c1CN(C)C(=O)CCOc1cccc2ccccc12. The fourth-order valence-corrected chi connectivity index (χ4v) is 3.81. The van der Waals surface area contributed by atoms with Crippen LogP contribution in [0, 0.1) is 13.8 Å². The minimum absolute atomic E-state index is 0.0477. The Kier molecular flexibility index (Phi) is 6.03. The second-order valence-corrected chi connectivity index (χ2v) is 7.72. The molecule has 31 heavy (non-hydrogen) atoms. The molecule has 1 aromatic heterocycles.